The molecule has 0 radical (unpaired) electrons. The van der Waals surface area contributed by atoms with Gasteiger partial charge in [0.2, 0.25) is 82.7 Å². The van der Waals surface area contributed by atoms with Crippen molar-refractivity contribution in [3.05, 3.63) is 65.7 Å². The van der Waals surface area contributed by atoms with E-state index in [9.17, 15) is 82.4 Å². The summed E-state index contributed by atoms with van der Waals surface area (Å²) in [7, 11) is 1.62. The van der Waals surface area contributed by atoms with Crippen molar-refractivity contribution < 1.29 is 82.4 Å². The SMILES string of the molecule is C[C@H](NC(=O)[C@H](CO)NC(=O)[C@@H](N)[C@@H](C)O)C(=O)N[C@H]1CSSC[C@@H](C(=O)N2CCCC2C(=O)N[C@@H](CCCN=C(N)N)C(=O)NCC(N)=O)NC(=O)[C@H](CC(N)=O)NC(=O)[C@H](CCC(N)=O)NC(=O)[C@H](Cc2ccccc2)NC(=O)[C@H](Cc2ccc(O)cc2)NC1=O. The molecule has 2 saturated heterocycles. The number of rotatable bonds is 27. The highest BCUT2D eigenvalue weighted by Crippen LogP contribution is 2.26. The lowest BCUT2D eigenvalue weighted by Gasteiger charge is -2.31. The molecule has 0 saturated carbocycles. The number of hydrogen-bond acceptors (Lipinski definition) is 21. The standard InChI is InChI=1S/C56H82N18O17S2/c1-27(65-51(87)37(24-75)71-54(90)44(60)28(2)76)45(81)72-38-25-92-93-26-39(55(91)74-19-7-11-40(74)53(89)67-32(10-6-18-63-56(61)62)46(82)64-23-43(59)80)73-50(86)36(22-42(58)79)70-47(83)33(16-17-41(57)78)66-48(84)34(20-29-8-4-3-5-9-29)68-49(85)35(69-52(38)88)21-30-12-14-31(77)15-13-30/h3-5,8-9,12-15,27-28,32-40,44,75-77H,6-7,10-11,16-26,60H2,1-2H3,(H2,57,78)(H2,58,79)(H2,59,80)(H,64,82)(H,65,87)(H,66,84)(H,67,89)(H,68,85)(H,69,88)(H,70,83)(H,71,90)(H,72,81)(H,73,86)(H4,61,62,63)/t27-,28+,32-,33-,34-,35-,36-,37-,38-,39-,40?,44-/m0/s1. The highest BCUT2D eigenvalue weighted by molar-refractivity contribution is 8.76. The summed E-state index contributed by atoms with van der Waals surface area (Å²) in [6, 6.07) is -4.10. The maximum Gasteiger partial charge on any atom is 0.246 e. The topological polar surface area (TPSA) is 592 Å². The quantitative estimate of drug-likeness (QED) is 0.0171. The van der Waals surface area contributed by atoms with Gasteiger partial charge in [0, 0.05) is 43.9 Å². The molecule has 37 heteroatoms. The van der Waals surface area contributed by atoms with Crippen LogP contribution in [0.25, 0.3) is 0 Å². The van der Waals surface area contributed by atoms with Crippen molar-refractivity contribution >= 4 is 110 Å². The van der Waals surface area contributed by atoms with Crippen molar-refractivity contribution in [3.63, 3.8) is 0 Å². The zero-order valence-corrected chi connectivity index (χ0v) is 52.6. The van der Waals surface area contributed by atoms with Crippen molar-refractivity contribution in [2.75, 3.05) is 37.7 Å². The second-order valence-electron chi connectivity index (χ2n) is 21.8. The summed E-state index contributed by atoms with van der Waals surface area (Å²) < 4.78 is 0. The van der Waals surface area contributed by atoms with Gasteiger partial charge in [-0.1, -0.05) is 64.1 Å². The smallest absolute Gasteiger partial charge is 0.246 e. The Labute approximate surface area is 541 Å². The summed E-state index contributed by atoms with van der Waals surface area (Å²) in [5, 5.41) is 54.4. The molecule has 0 spiro atoms. The van der Waals surface area contributed by atoms with E-state index in [2.05, 4.69) is 58.2 Å². The largest absolute Gasteiger partial charge is 0.508 e. The zero-order chi connectivity index (χ0) is 69.1. The van der Waals surface area contributed by atoms with Gasteiger partial charge in [0.1, 0.15) is 72.2 Å². The first-order valence-electron chi connectivity index (χ1n) is 29.3. The van der Waals surface area contributed by atoms with E-state index in [0.717, 1.165) is 26.5 Å². The third-order valence-electron chi connectivity index (χ3n) is 14.3. The van der Waals surface area contributed by atoms with E-state index in [1.54, 1.807) is 30.3 Å². The van der Waals surface area contributed by atoms with Crippen LogP contribution in [-0.4, -0.2) is 219 Å². The number of aromatic hydroxyl groups is 1. The Morgan fingerprint density at radius 1 is 0.667 bits per heavy atom. The van der Waals surface area contributed by atoms with Crippen molar-refractivity contribution in [2.24, 2.45) is 39.4 Å². The summed E-state index contributed by atoms with van der Waals surface area (Å²) >= 11 is 0. The first-order valence-corrected chi connectivity index (χ1v) is 31.8. The number of benzene rings is 2. The molecule has 4 rings (SSSR count). The molecule has 2 fully saturated rings. The molecular formula is C56H82N18O17S2. The van der Waals surface area contributed by atoms with Gasteiger partial charge in [-0.3, -0.25) is 72.1 Å². The van der Waals surface area contributed by atoms with Crippen LogP contribution in [0.2, 0.25) is 0 Å². The van der Waals surface area contributed by atoms with Crippen molar-refractivity contribution in [2.45, 2.75) is 144 Å². The van der Waals surface area contributed by atoms with Crippen LogP contribution in [0.4, 0.5) is 0 Å². The molecular weight excluding hydrogens is 1260 g/mol. The van der Waals surface area contributed by atoms with Gasteiger partial charge in [-0.25, -0.2) is 0 Å². The highest BCUT2D eigenvalue weighted by atomic mass is 33.1. The van der Waals surface area contributed by atoms with Gasteiger partial charge >= 0.3 is 0 Å². The second kappa shape index (κ2) is 37.9. The number of carbonyl (C=O) groups excluding carboxylic acids is 14. The van der Waals surface area contributed by atoms with Crippen LogP contribution >= 0.6 is 21.6 Å². The Kier molecular flexibility index (Phi) is 31.0. The minimum atomic E-state index is -1.92. The molecule has 2 aromatic carbocycles. The zero-order valence-electron chi connectivity index (χ0n) is 51.0. The fourth-order valence-corrected chi connectivity index (χ4v) is 11.6. The number of nitrogens with two attached hydrogens (primary N) is 6. The lowest BCUT2D eigenvalue weighted by Crippen LogP contribution is -2.62. The number of nitrogens with zero attached hydrogens (tertiary/aromatic N) is 2. The fraction of sp³-hybridized carbons (Fsp3) is 0.518. The number of phenols is 1. The molecule has 35 nitrogen and oxygen atoms in total. The van der Waals surface area contributed by atoms with Crippen molar-refractivity contribution in [3.8, 4) is 5.75 Å². The monoisotopic (exact) mass is 1340 g/mol. The van der Waals surface area contributed by atoms with Crippen molar-refractivity contribution in [1.29, 1.82) is 0 Å². The first-order chi connectivity index (χ1) is 44.0. The summed E-state index contributed by atoms with van der Waals surface area (Å²) in [6.45, 7) is 0.720. The summed E-state index contributed by atoms with van der Waals surface area (Å²) in [4.78, 5) is 197. The molecule has 2 aliphatic rings. The number of aliphatic imine (C=N–C) groups is 1. The molecule has 1 unspecified atom stereocenters. The fourth-order valence-electron chi connectivity index (χ4n) is 9.25. The van der Waals surface area contributed by atoms with Gasteiger partial charge in [0.05, 0.1) is 25.7 Å². The lowest BCUT2D eigenvalue weighted by molar-refractivity contribution is -0.142. The normalized spacial score (nSPS) is 21.7. The van der Waals surface area contributed by atoms with Gasteiger partial charge in [0.15, 0.2) is 5.96 Å². The van der Waals surface area contributed by atoms with Crippen LogP contribution in [0, 0.1) is 0 Å². The third kappa shape index (κ3) is 25.7. The minimum absolute atomic E-state index is 0.0162. The average molecular weight is 1340 g/mol. The average Bonchev–Trinajstić information content (AvgIpc) is 2.04. The van der Waals surface area contributed by atoms with Crippen LogP contribution in [0.1, 0.15) is 69.9 Å². The van der Waals surface area contributed by atoms with Crippen LogP contribution in [0.15, 0.2) is 59.6 Å². The molecule has 12 atom stereocenters. The van der Waals surface area contributed by atoms with Crippen LogP contribution in [0.5, 0.6) is 5.75 Å². The first kappa shape index (κ1) is 76.1. The molecule has 14 amide bonds. The number of phenolic OH excluding ortho intramolecular Hbond substituents is 1. The van der Waals surface area contributed by atoms with Gasteiger partial charge < -0.3 is 108 Å². The third-order valence-corrected chi connectivity index (χ3v) is 16.7. The molecule has 0 bridgehead atoms. The molecule has 0 aliphatic carbocycles. The Hall–Kier alpha value is -9.33. The highest BCUT2D eigenvalue weighted by Gasteiger charge is 2.41. The van der Waals surface area contributed by atoms with Crippen molar-refractivity contribution in [1.82, 2.24) is 58.1 Å². The van der Waals surface area contributed by atoms with E-state index in [1.807, 2.05) is 0 Å². The maximum absolute atomic E-state index is 15.0. The van der Waals surface area contributed by atoms with E-state index < -0.39 is 199 Å². The lowest BCUT2D eigenvalue weighted by atomic mass is 10.0. The number of hydrogen-bond donors (Lipinski definition) is 19. The Bertz CT molecular complexity index is 3040. The molecule has 93 heavy (non-hydrogen) atoms. The number of guanidine groups is 1. The molecule has 2 aliphatic heterocycles. The maximum atomic E-state index is 15.0. The number of likely N-dealkylation sites (tertiary alicyclic amines) is 1. The number of carbonyl (C=O) groups is 14. The van der Waals surface area contributed by atoms with Gasteiger partial charge in [-0.2, -0.15) is 0 Å². The van der Waals surface area contributed by atoms with Crippen LogP contribution in [-0.2, 0) is 80.0 Å². The number of primary amides is 3. The van der Waals surface area contributed by atoms with Gasteiger partial charge in [0.25, 0.3) is 0 Å². The summed E-state index contributed by atoms with van der Waals surface area (Å²) in [5.41, 5.74) is 33.7. The van der Waals surface area contributed by atoms with E-state index in [4.69, 9.17) is 34.4 Å². The molecule has 510 valence electrons. The van der Waals surface area contributed by atoms with Gasteiger partial charge in [-0.15, -0.1) is 0 Å². The Morgan fingerprint density at radius 3 is 1.84 bits per heavy atom. The van der Waals surface area contributed by atoms with Crippen LogP contribution < -0.4 is 87.6 Å². The minimum Gasteiger partial charge on any atom is -0.508 e. The number of aliphatic hydroxyl groups is 2. The number of nitrogens with one attached hydrogen (secondary N) is 10. The number of aliphatic hydroxyl groups excluding tert-OH is 2. The van der Waals surface area contributed by atoms with E-state index in [1.165, 1.54) is 38.1 Å². The molecule has 25 N–H and O–H groups in total. The predicted molar refractivity (Wildman–Crippen MR) is 336 cm³/mol. The van der Waals surface area contributed by atoms with E-state index >= 15 is 0 Å². The predicted octanol–water partition coefficient (Wildman–Crippen LogP) is -8.56. The molecule has 2 heterocycles. The molecule has 0 aromatic heterocycles. The second-order valence-corrected chi connectivity index (χ2v) is 24.3. The molecule has 2 aromatic rings. The van der Waals surface area contributed by atoms with Gasteiger partial charge in [-0.05, 0) is 69.2 Å². The summed E-state index contributed by atoms with van der Waals surface area (Å²) in [6.07, 6.45) is -3.68. The Balaban J connectivity index is 1.85. The van der Waals surface area contributed by atoms with E-state index in [0.29, 0.717) is 11.1 Å². The van der Waals surface area contributed by atoms with Crippen LogP contribution in [0.3, 0.4) is 0 Å². The Morgan fingerprint density at radius 2 is 1.25 bits per heavy atom. The summed E-state index contributed by atoms with van der Waals surface area (Å²) in [5.74, 6) is -15.6. The number of amides is 14. The van der Waals surface area contributed by atoms with E-state index in [-0.39, 0.29) is 63.3 Å².